The van der Waals surface area contributed by atoms with E-state index in [1.807, 2.05) is 17.7 Å². The van der Waals surface area contributed by atoms with E-state index >= 15 is 0 Å². The fraction of sp³-hybridized carbons (Fsp3) is 0.625. The molecule has 1 fully saturated rings. The van der Waals surface area contributed by atoms with Gasteiger partial charge in [0.2, 0.25) is 5.91 Å². The molecule has 1 aromatic heterocycles. The van der Waals surface area contributed by atoms with Crippen LogP contribution in [0.4, 0.5) is 0 Å². The fourth-order valence-electron chi connectivity index (χ4n) is 3.00. The molecule has 1 amide bonds. The van der Waals surface area contributed by atoms with E-state index in [-0.39, 0.29) is 5.91 Å². The minimum absolute atomic E-state index is 0.173. The molecular formula is C16H25N3O. The summed E-state index contributed by atoms with van der Waals surface area (Å²) in [6.45, 7) is 8.54. The lowest BCUT2D eigenvalue weighted by atomic mass is 10.1. The van der Waals surface area contributed by atoms with Crippen LogP contribution in [0.1, 0.15) is 49.1 Å². The molecule has 0 aliphatic heterocycles. The first-order chi connectivity index (χ1) is 9.61. The average molecular weight is 275 g/mol. The number of allylic oxidation sites excluding steroid dienone is 1. The number of carbonyl (C=O) groups is 1. The van der Waals surface area contributed by atoms with Gasteiger partial charge in [-0.25, -0.2) is 0 Å². The molecule has 1 aliphatic rings. The van der Waals surface area contributed by atoms with E-state index in [1.165, 1.54) is 18.4 Å². The Morgan fingerprint density at radius 2 is 2.15 bits per heavy atom. The van der Waals surface area contributed by atoms with Crippen molar-refractivity contribution >= 4 is 5.91 Å². The summed E-state index contributed by atoms with van der Waals surface area (Å²) in [5.41, 5.74) is 3.38. The maximum Gasteiger partial charge on any atom is 0.220 e. The molecular weight excluding hydrogens is 250 g/mol. The lowest BCUT2D eigenvalue weighted by Gasteiger charge is -2.11. The molecule has 0 unspecified atom stereocenters. The van der Waals surface area contributed by atoms with Crippen LogP contribution in [0.5, 0.6) is 0 Å². The van der Waals surface area contributed by atoms with Crippen LogP contribution < -0.4 is 5.32 Å². The second-order valence-electron chi connectivity index (χ2n) is 5.67. The first-order valence-electron chi connectivity index (χ1n) is 7.55. The Bertz CT molecular complexity index is 484. The summed E-state index contributed by atoms with van der Waals surface area (Å²) >= 11 is 0. The van der Waals surface area contributed by atoms with E-state index in [0.29, 0.717) is 12.5 Å². The number of rotatable bonds is 6. The van der Waals surface area contributed by atoms with Crippen molar-refractivity contribution < 1.29 is 4.79 Å². The molecule has 0 spiro atoms. The van der Waals surface area contributed by atoms with Crippen LogP contribution >= 0.6 is 0 Å². The molecule has 20 heavy (non-hydrogen) atoms. The van der Waals surface area contributed by atoms with Crippen molar-refractivity contribution in [2.24, 2.45) is 0 Å². The van der Waals surface area contributed by atoms with Crippen molar-refractivity contribution in [3.63, 3.8) is 0 Å². The number of aryl methyl sites for hydroxylation is 1. The number of hydrogen-bond acceptors (Lipinski definition) is 2. The van der Waals surface area contributed by atoms with Crippen LogP contribution in [0.25, 0.3) is 0 Å². The summed E-state index contributed by atoms with van der Waals surface area (Å²) in [7, 11) is 0. The van der Waals surface area contributed by atoms with Crippen molar-refractivity contribution in [1.82, 2.24) is 15.1 Å². The standard InChI is InChI=1S/C16H25N3O/c1-4-11-19-13(3)15(12(2)18-19)9-10-16(20)17-14-7-5-6-8-14/h4,14H,1,5-11H2,2-3H3,(H,17,20). The molecule has 0 saturated heterocycles. The third-order valence-corrected chi connectivity index (χ3v) is 4.16. The number of amides is 1. The Morgan fingerprint density at radius 3 is 2.80 bits per heavy atom. The molecule has 4 heteroatoms. The van der Waals surface area contributed by atoms with Gasteiger partial charge in [-0.1, -0.05) is 18.9 Å². The second kappa shape index (κ2) is 6.73. The van der Waals surface area contributed by atoms with Gasteiger partial charge in [0, 0.05) is 18.2 Å². The molecule has 1 heterocycles. The summed E-state index contributed by atoms with van der Waals surface area (Å²) in [6, 6.07) is 0.410. The molecule has 2 rings (SSSR count). The molecule has 0 radical (unpaired) electrons. The van der Waals surface area contributed by atoms with Gasteiger partial charge in [0.05, 0.1) is 12.2 Å². The molecule has 110 valence electrons. The first-order valence-corrected chi connectivity index (χ1v) is 7.55. The van der Waals surface area contributed by atoms with Gasteiger partial charge in [-0.3, -0.25) is 9.48 Å². The molecule has 1 aliphatic carbocycles. The predicted molar refractivity (Wildman–Crippen MR) is 80.6 cm³/mol. The summed E-state index contributed by atoms with van der Waals surface area (Å²) < 4.78 is 1.95. The zero-order valence-electron chi connectivity index (χ0n) is 12.6. The highest BCUT2D eigenvalue weighted by Crippen LogP contribution is 2.18. The molecule has 0 bridgehead atoms. The Morgan fingerprint density at radius 1 is 1.45 bits per heavy atom. The van der Waals surface area contributed by atoms with Crippen LogP contribution in [0, 0.1) is 13.8 Å². The summed E-state index contributed by atoms with van der Waals surface area (Å²) in [5, 5.41) is 7.63. The van der Waals surface area contributed by atoms with Gasteiger partial charge in [0.25, 0.3) is 0 Å². The highest BCUT2D eigenvalue weighted by molar-refractivity contribution is 5.76. The molecule has 4 nitrogen and oxygen atoms in total. The number of carbonyl (C=O) groups excluding carboxylic acids is 1. The van der Waals surface area contributed by atoms with Crippen LogP contribution in [-0.2, 0) is 17.8 Å². The maximum atomic E-state index is 12.0. The van der Waals surface area contributed by atoms with Crippen molar-refractivity contribution in [3.05, 3.63) is 29.6 Å². The van der Waals surface area contributed by atoms with Gasteiger partial charge in [-0.05, 0) is 38.7 Å². The average Bonchev–Trinajstić information content (AvgIpc) is 2.99. The minimum atomic E-state index is 0.173. The van der Waals surface area contributed by atoms with Gasteiger partial charge in [-0.15, -0.1) is 6.58 Å². The zero-order valence-corrected chi connectivity index (χ0v) is 12.6. The highest BCUT2D eigenvalue weighted by atomic mass is 16.1. The minimum Gasteiger partial charge on any atom is -0.353 e. The molecule has 1 saturated carbocycles. The summed E-state index contributed by atoms with van der Waals surface area (Å²) in [5.74, 6) is 0.173. The van der Waals surface area contributed by atoms with Crippen LogP contribution in [0.15, 0.2) is 12.7 Å². The van der Waals surface area contributed by atoms with E-state index in [0.717, 1.165) is 37.2 Å². The smallest absolute Gasteiger partial charge is 0.220 e. The van der Waals surface area contributed by atoms with Crippen LogP contribution in [-0.4, -0.2) is 21.7 Å². The van der Waals surface area contributed by atoms with Gasteiger partial charge >= 0.3 is 0 Å². The Hall–Kier alpha value is -1.58. The molecule has 1 aromatic rings. The Labute approximate surface area is 121 Å². The lowest BCUT2D eigenvalue weighted by molar-refractivity contribution is -0.121. The highest BCUT2D eigenvalue weighted by Gasteiger charge is 2.18. The Kier molecular flexibility index (Phi) is 4.99. The molecule has 0 atom stereocenters. The van der Waals surface area contributed by atoms with E-state index in [2.05, 4.69) is 23.9 Å². The number of nitrogens with one attached hydrogen (secondary N) is 1. The third kappa shape index (κ3) is 3.50. The number of aromatic nitrogens is 2. The van der Waals surface area contributed by atoms with Crippen molar-refractivity contribution in [2.75, 3.05) is 0 Å². The van der Waals surface area contributed by atoms with Gasteiger partial charge in [0.1, 0.15) is 0 Å². The van der Waals surface area contributed by atoms with E-state index in [9.17, 15) is 4.79 Å². The predicted octanol–water partition coefficient (Wildman–Crippen LogP) is 2.68. The fourth-order valence-corrected chi connectivity index (χ4v) is 3.00. The number of hydrogen-bond donors (Lipinski definition) is 1. The lowest BCUT2D eigenvalue weighted by Crippen LogP contribution is -2.32. The molecule has 1 N–H and O–H groups in total. The van der Waals surface area contributed by atoms with Crippen LogP contribution in [0.2, 0.25) is 0 Å². The second-order valence-corrected chi connectivity index (χ2v) is 5.67. The monoisotopic (exact) mass is 275 g/mol. The van der Waals surface area contributed by atoms with Crippen molar-refractivity contribution in [3.8, 4) is 0 Å². The third-order valence-electron chi connectivity index (χ3n) is 4.16. The maximum absolute atomic E-state index is 12.0. The topological polar surface area (TPSA) is 46.9 Å². The van der Waals surface area contributed by atoms with Crippen molar-refractivity contribution in [1.29, 1.82) is 0 Å². The SMILES string of the molecule is C=CCn1nc(C)c(CCC(=O)NC2CCCC2)c1C. The van der Waals surface area contributed by atoms with Gasteiger partial charge in [0.15, 0.2) is 0 Å². The first kappa shape index (κ1) is 14.8. The Balaban J connectivity index is 1.89. The van der Waals surface area contributed by atoms with Crippen LogP contribution in [0.3, 0.4) is 0 Å². The van der Waals surface area contributed by atoms with E-state index in [1.54, 1.807) is 0 Å². The summed E-state index contributed by atoms with van der Waals surface area (Å²) in [4.78, 5) is 12.0. The quantitative estimate of drug-likeness (QED) is 0.811. The van der Waals surface area contributed by atoms with Crippen molar-refractivity contribution in [2.45, 2.75) is 65.0 Å². The molecule has 0 aromatic carbocycles. The van der Waals surface area contributed by atoms with Gasteiger partial charge < -0.3 is 5.32 Å². The normalized spacial score (nSPS) is 15.5. The largest absolute Gasteiger partial charge is 0.353 e. The van der Waals surface area contributed by atoms with E-state index < -0.39 is 0 Å². The zero-order chi connectivity index (χ0) is 14.5. The van der Waals surface area contributed by atoms with Gasteiger partial charge in [-0.2, -0.15) is 5.10 Å². The van der Waals surface area contributed by atoms with E-state index in [4.69, 9.17) is 0 Å². The summed E-state index contributed by atoms with van der Waals surface area (Å²) in [6.07, 6.45) is 7.94. The number of nitrogens with zero attached hydrogens (tertiary/aromatic N) is 2.